The van der Waals surface area contributed by atoms with Crippen molar-refractivity contribution in [3.8, 4) is 0 Å². The SMILES string of the molecule is NCC1(c2cc(Cl)c3c(c2)CC(=O)N3)CCCC1. The predicted molar refractivity (Wildman–Crippen MR) is 73.0 cm³/mol. The van der Waals surface area contributed by atoms with Crippen molar-refractivity contribution in [1.82, 2.24) is 0 Å². The molecule has 0 spiro atoms. The van der Waals surface area contributed by atoms with Gasteiger partial charge in [0.25, 0.3) is 0 Å². The van der Waals surface area contributed by atoms with E-state index < -0.39 is 0 Å². The summed E-state index contributed by atoms with van der Waals surface area (Å²) in [6, 6.07) is 4.11. The minimum absolute atomic E-state index is 0.0253. The number of carbonyl (C=O) groups excluding carboxylic acids is 1. The van der Waals surface area contributed by atoms with Crippen LogP contribution in [0.2, 0.25) is 5.02 Å². The lowest BCUT2D eigenvalue weighted by Gasteiger charge is -2.28. The Hall–Kier alpha value is -1.06. The number of hydrogen-bond donors (Lipinski definition) is 2. The van der Waals surface area contributed by atoms with E-state index in [0.29, 0.717) is 18.0 Å². The van der Waals surface area contributed by atoms with Crippen molar-refractivity contribution in [2.75, 3.05) is 11.9 Å². The van der Waals surface area contributed by atoms with Crippen LogP contribution in [0, 0.1) is 0 Å². The first-order valence-electron chi connectivity index (χ1n) is 6.47. The first-order chi connectivity index (χ1) is 8.64. The van der Waals surface area contributed by atoms with Crippen molar-refractivity contribution in [2.45, 2.75) is 37.5 Å². The van der Waals surface area contributed by atoms with Crippen LogP contribution in [0.15, 0.2) is 12.1 Å². The van der Waals surface area contributed by atoms with Gasteiger partial charge >= 0.3 is 0 Å². The normalized spacial score (nSPS) is 20.9. The summed E-state index contributed by atoms with van der Waals surface area (Å²) in [4.78, 5) is 11.4. The number of carbonyl (C=O) groups is 1. The van der Waals surface area contributed by atoms with Crippen LogP contribution in [0.3, 0.4) is 0 Å². The molecule has 1 aromatic carbocycles. The molecule has 1 amide bonds. The number of amides is 1. The Morgan fingerprint density at radius 2 is 2.06 bits per heavy atom. The molecule has 1 fully saturated rings. The van der Waals surface area contributed by atoms with Crippen LogP contribution < -0.4 is 11.1 Å². The molecular weight excluding hydrogens is 248 g/mol. The van der Waals surface area contributed by atoms with Crippen molar-refractivity contribution in [2.24, 2.45) is 5.73 Å². The topological polar surface area (TPSA) is 55.1 Å². The van der Waals surface area contributed by atoms with Crippen molar-refractivity contribution in [1.29, 1.82) is 0 Å². The van der Waals surface area contributed by atoms with Crippen LogP contribution >= 0.6 is 11.6 Å². The van der Waals surface area contributed by atoms with Crippen LogP contribution in [-0.4, -0.2) is 12.5 Å². The zero-order valence-corrected chi connectivity index (χ0v) is 11.0. The van der Waals surface area contributed by atoms with Crippen LogP contribution in [0.25, 0.3) is 0 Å². The number of anilines is 1. The smallest absolute Gasteiger partial charge is 0.228 e. The molecule has 3 rings (SSSR count). The lowest BCUT2D eigenvalue weighted by Crippen LogP contribution is -2.32. The average Bonchev–Trinajstić information content (AvgIpc) is 2.95. The molecule has 0 atom stereocenters. The summed E-state index contributed by atoms with van der Waals surface area (Å²) in [6.07, 6.45) is 5.13. The maximum atomic E-state index is 11.4. The second-order valence-electron chi connectivity index (χ2n) is 5.41. The minimum Gasteiger partial charge on any atom is -0.330 e. The Bertz CT molecular complexity index is 507. The van der Waals surface area contributed by atoms with Crippen LogP contribution in [-0.2, 0) is 16.6 Å². The van der Waals surface area contributed by atoms with Gasteiger partial charge in [0.2, 0.25) is 5.91 Å². The van der Waals surface area contributed by atoms with Gasteiger partial charge in [-0.2, -0.15) is 0 Å². The maximum absolute atomic E-state index is 11.4. The fourth-order valence-electron chi connectivity index (χ4n) is 3.27. The quantitative estimate of drug-likeness (QED) is 0.863. The van der Waals surface area contributed by atoms with Gasteiger partial charge in [-0.05, 0) is 30.0 Å². The summed E-state index contributed by atoms with van der Waals surface area (Å²) in [5.74, 6) is 0.0253. The van der Waals surface area contributed by atoms with Crippen molar-refractivity contribution >= 4 is 23.2 Å². The molecule has 0 aromatic heterocycles. The fraction of sp³-hybridized carbons (Fsp3) is 0.500. The van der Waals surface area contributed by atoms with E-state index in [9.17, 15) is 4.79 Å². The standard InChI is InChI=1S/C14H17ClN2O/c15-11-7-10(14(8-16)3-1-2-4-14)5-9-6-12(18)17-13(9)11/h5,7H,1-4,6,8,16H2,(H,17,18). The van der Waals surface area contributed by atoms with Gasteiger partial charge in [0, 0.05) is 12.0 Å². The number of nitrogens with one attached hydrogen (secondary N) is 1. The molecule has 0 unspecified atom stereocenters. The maximum Gasteiger partial charge on any atom is 0.228 e. The van der Waals surface area contributed by atoms with Gasteiger partial charge in [-0.25, -0.2) is 0 Å². The van der Waals surface area contributed by atoms with E-state index >= 15 is 0 Å². The number of nitrogens with two attached hydrogens (primary N) is 1. The number of benzene rings is 1. The molecular formula is C14H17ClN2O. The zero-order valence-electron chi connectivity index (χ0n) is 10.3. The molecule has 1 aliphatic heterocycles. The van der Waals surface area contributed by atoms with Gasteiger partial charge in [0.15, 0.2) is 0 Å². The highest BCUT2D eigenvalue weighted by molar-refractivity contribution is 6.34. The first-order valence-corrected chi connectivity index (χ1v) is 6.85. The second kappa shape index (κ2) is 4.25. The van der Waals surface area contributed by atoms with Gasteiger partial charge in [-0.1, -0.05) is 30.5 Å². The lowest BCUT2D eigenvalue weighted by molar-refractivity contribution is -0.115. The molecule has 3 nitrogen and oxygen atoms in total. The summed E-state index contributed by atoms with van der Waals surface area (Å²) < 4.78 is 0. The number of fused-ring (bicyclic) bond motifs is 1. The van der Waals surface area contributed by atoms with Gasteiger partial charge < -0.3 is 11.1 Å². The van der Waals surface area contributed by atoms with E-state index in [1.54, 1.807) is 0 Å². The van der Waals surface area contributed by atoms with Crippen LogP contribution in [0.4, 0.5) is 5.69 Å². The number of halogens is 1. The third-order valence-corrected chi connectivity index (χ3v) is 4.65. The summed E-state index contributed by atoms with van der Waals surface area (Å²) in [5, 5.41) is 3.46. The first kappa shape index (κ1) is 12.0. The average molecular weight is 265 g/mol. The molecule has 0 bridgehead atoms. The molecule has 1 saturated carbocycles. The van der Waals surface area contributed by atoms with Gasteiger partial charge in [-0.15, -0.1) is 0 Å². The molecule has 3 N–H and O–H groups in total. The Kier molecular flexibility index (Phi) is 2.83. The molecule has 0 radical (unpaired) electrons. The highest BCUT2D eigenvalue weighted by Gasteiger charge is 2.35. The molecule has 1 aliphatic carbocycles. The summed E-state index contributed by atoms with van der Waals surface area (Å²) in [7, 11) is 0. The zero-order chi connectivity index (χ0) is 12.8. The molecule has 96 valence electrons. The highest BCUT2D eigenvalue weighted by atomic mass is 35.5. The molecule has 2 aliphatic rings. The van der Waals surface area contributed by atoms with E-state index in [4.69, 9.17) is 17.3 Å². The molecule has 1 aromatic rings. The summed E-state index contributed by atoms with van der Waals surface area (Å²) in [6.45, 7) is 0.656. The van der Waals surface area contributed by atoms with E-state index in [-0.39, 0.29) is 11.3 Å². The number of rotatable bonds is 2. The fourth-order valence-corrected chi connectivity index (χ4v) is 3.55. The Labute approximate surface area is 112 Å². The molecule has 18 heavy (non-hydrogen) atoms. The summed E-state index contributed by atoms with van der Waals surface area (Å²) >= 11 is 6.28. The van der Waals surface area contributed by atoms with Crippen molar-refractivity contribution < 1.29 is 4.79 Å². The van der Waals surface area contributed by atoms with E-state index in [0.717, 1.165) is 24.1 Å². The van der Waals surface area contributed by atoms with Gasteiger partial charge in [0.05, 0.1) is 17.1 Å². The third-order valence-electron chi connectivity index (χ3n) is 4.35. The minimum atomic E-state index is 0.0253. The lowest BCUT2D eigenvalue weighted by atomic mass is 9.78. The van der Waals surface area contributed by atoms with E-state index in [2.05, 4.69) is 11.4 Å². The molecule has 1 heterocycles. The predicted octanol–water partition coefficient (Wildman–Crippen LogP) is 2.61. The van der Waals surface area contributed by atoms with E-state index in [1.807, 2.05) is 6.07 Å². The molecule has 0 saturated heterocycles. The van der Waals surface area contributed by atoms with Crippen molar-refractivity contribution in [3.05, 3.63) is 28.3 Å². The Balaban J connectivity index is 2.07. The Morgan fingerprint density at radius 3 is 2.72 bits per heavy atom. The monoisotopic (exact) mass is 264 g/mol. The van der Waals surface area contributed by atoms with Crippen LogP contribution in [0.1, 0.15) is 36.8 Å². The van der Waals surface area contributed by atoms with Gasteiger partial charge in [-0.3, -0.25) is 4.79 Å². The van der Waals surface area contributed by atoms with Gasteiger partial charge in [0.1, 0.15) is 0 Å². The largest absolute Gasteiger partial charge is 0.330 e. The van der Waals surface area contributed by atoms with Crippen molar-refractivity contribution in [3.63, 3.8) is 0 Å². The second-order valence-corrected chi connectivity index (χ2v) is 5.82. The third kappa shape index (κ3) is 1.73. The number of hydrogen-bond acceptors (Lipinski definition) is 2. The Morgan fingerprint density at radius 1 is 1.33 bits per heavy atom. The summed E-state index contributed by atoms with van der Waals surface area (Å²) in [5.41, 5.74) is 9.09. The molecule has 4 heteroatoms. The van der Waals surface area contributed by atoms with E-state index in [1.165, 1.54) is 18.4 Å². The highest BCUT2D eigenvalue weighted by Crippen LogP contribution is 2.43. The van der Waals surface area contributed by atoms with Crippen LogP contribution in [0.5, 0.6) is 0 Å².